The van der Waals surface area contributed by atoms with Gasteiger partial charge in [0.1, 0.15) is 6.07 Å². The van der Waals surface area contributed by atoms with Gasteiger partial charge in [0.25, 0.3) is 0 Å². The Balaban J connectivity index is 1.63. The molecule has 4 rings (SSSR count). The maximum Gasteiger partial charge on any atom is 0.232 e. The fraction of sp³-hybridized carbons (Fsp3) is 0.0476. The van der Waals surface area contributed by atoms with Gasteiger partial charge in [0.15, 0.2) is 0 Å². The number of rotatable bonds is 4. The minimum absolute atomic E-state index is 0.263. The number of fused-ring (bicyclic) bond motifs is 1. The number of hydrogen-bond donors (Lipinski definition) is 1. The van der Waals surface area contributed by atoms with Crippen LogP contribution in [-0.4, -0.2) is 4.98 Å². The summed E-state index contributed by atoms with van der Waals surface area (Å²) in [5.74, 6) is 0.840. The highest BCUT2D eigenvalue weighted by Gasteiger charge is 2.14. The van der Waals surface area contributed by atoms with Crippen LogP contribution in [0.25, 0.3) is 22.2 Å². The van der Waals surface area contributed by atoms with Crippen molar-refractivity contribution in [3.05, 3.63) is 84.1 Å². The molecule has 0 saturated carbocycles. The zero-order chi connectivity index (χ0) is 17.1. The molecule has 120 valence electrons. The lowest BCUT2D eigenvalue weighted by molar-refractivity contribution is 0.585. The van der Waals surface area contributed by atoms with E-state index in [9.17, 15) is 5.26 Å². The smallest absolute Gasteiger partial charge is 0.232 e. The second-order valence-electron chi connectivity index (χ2n) is 5.67. The molecule has 0 radical (unpaired) electrons. The van der Waals surface area contributed by atoms with Gasteiger partial charge in [-0.1, -0.05) is 60.7 Å². The summed E-state index contributed by atoms with van der Waals surface area (Å²) < 4.78 is 5.78. The summed E-state index contributed by atoms with van der Waals surface area (Å²) in [7, 11) is 0. The van der Waals surface area contributed by atoms with Crippen LogP contribution in [0.2, 0.25) is 0 Å². The normalized spacial score (nSPS) is 10.5. The van der Waals surface area contributed by atoms with Crippen molar-refractivity contribution in [3.63, 3.8) is 0 Å². The van der Waals surface area contributed by atoms with Crippen molar-refractivity contribution in [2.45, 2.75) is 6.54 Å². The first-order chi connectivity index (χ1) is 12.3. The summed E-state index contributed by atoms with van der Waals surface area (Å²) in [6, 6.07) is 26.1. The third-order valence-electron chi connectivity index (χ3n) is 4.07. The van der Waals surface area contributed by atoms with E-state index in [1.165, 1.54) is 10.8 Å². The Kier molecular flexibility index (Phi) is 3.89. The molecule has 3 aromatic carbocycles. The van der Waals surface area contributed by atoms with E-state index in [4.69, 9.17) is 4.42 Å². The number of aromatic nitrogens is 1. The van der Waals surface area contributed by atoms with E-state index >= 15 is 0 Å². The summed E-state index contributed by atoms with van der Waals surface area (Å²) in [6.45, 7) is 0.555. The molecule has 0 aliphatic carbocycles. The molecule has 1 heterocycles. The highest BCUT2D eigenvalue weighted by molar-refractivity contribution is 5.85. The minimum atomic E-state index is 0.263. The molecule has 25 heavy (non-hydrogen) atoms. The second kappa shape index (κ2) is 6.50. The van der Waals surface area contributed by atoms with E-state index < -0.39 is 0 Å². The number of hydrogen-bond acceptors (Lipinski definition) is 4. The van der Waals surface area contributed by atoms with Crippen molar-refractivity contribution in [1.29, 1.82) is 5.26 Å². The highest BCUT2D eigenvalue weighted by Crippen LogP contribution is 2.26. The van der Waals surface area contributed by atoms with Crippen molar-refractivity contribution in [2.24, 2.45) is 0 Å². The first kappa shape index (κ1) is 15.0. The fourth-order valence-electron chi connectivity index (χ4n) is 2.84. The van der Waals surface area contributed by atoms with Crippen LogP contribution in [-0.2, 0) is 6.54 Å². The average Bonchev–Trinajstić information content (AvgIpc) is 3.10. The van der Waals surface area contributed by atoms with Crippen LogP contribution in [0.1, 0.15) is 11.3 Å². The minimum Gasteiger partial charge on any atom is -0.419 e. The summed E-state index contributed by atoms with van der Waals surface area (Å²) in [4.78, 5) is 4.28. The number of benzene rings is 3. The standard InChI is InChI=1S/C21H15N3O/c22-13-19-21(25-20(24-19)16-8-2-1-3-9-16)23-14-17-11-6-10-15-7-4-5-12-18(15)17/h1-12,23H,14H2. The third-order valence-corrected chi connectivity index (χ3v) is 4.07. The molecule has 0 spiro atoms. The maximum absolute atomic E-state index is 9.34. The predicted octanol–water partition coefficient (Wildman–Crippen LogP) is 4.98. The van der Waals surface area contributed by atoms with Crippen LogP contribution < -0.4 is 5.32 Å². The molecule has 0 bridgehead atoms. The van der Waals surface area contributed by atoms with Gasteiger partial charge in [-0.2, -0.15) is 10.2 Å². The van der Waals surface area contributed by atoms with Gasteiger partial charge in [0.2, 0.25) is 17.5 Å². The predicted molar refractivity (Wildman–Crippen MR) is 97.9 cm³/mol. The number of oxazole rings is 1. The lowest BCUT2D eigenvalue weighted by Crippen LogP contribution is -2.00. The quantitative estimate of drug-likeness (QED) is 0.575. The van der Waals surface area contributed by atoms with Crippen LogP contribution in [0.15, 0.2) is 77.2 Å². The molecule has 0 atom stereocenters. The van der Waals surface area contributed by atoms with Crippen LogP contribution in [0.5, 0.6) is 0 Å². The van der Waals surface area contributed by atoms with Crippen LogP contribution in [0.3, 0.4) is 0 Å². The topological polar surface area (TPSA) is 61.9 Å². The Morgan fingerprint density at radius 3 is 2.52 bits per heavy atom. The van der Waals surface area contributed by atoms with Crippen molar-refractivity contribution in [2.75, 3.05) is 5.32 Å². The molecule has 0 aliphatic rings. The van der Waals surface area contributed by atoms with Gasteiger partial charge in [0.05, 0.1) is 0 Å². The Hall–Kier alpha value is -3.58. The van der Waals surface area contributed by atoms with E-state index in [0.717, 1.165) is 11.1 Å². The highest BCUT2D eigenvalue weighted by atomic mass is 16.4. The Morgan fingerprint density at radius 2 is 1.68 bits per heavy atom. The largest absolute Gasteiger partial charge is 0.419 e. The molecule has 1 N–H and O–H groups in total. The molecule has 0 saturated heterocycles. The van der Waals surface area contributed by atoms with Gasteiger partial charge in [-0.3, -0.25) is 0 Å². The Morgan fingerprint density at radius 1 is 0.920 bits per heavy atom. The molecule has 0 amide bonds. The van der Waals surface area contributed by atoms with Crippen LogP contribution >= 0.6 is 0 Å². The van der Waals surface area contributed by atoms with Crippen LogP contribution in [0, 0.1) is 11.3 Å². The van der Waals surface area contributed by atoms with E-state index in [2.05, 4.69) is 40.6 Å². The molecule has 4 aromatic rings. The molecule has 0 fully saturated rings. The second-order valence-corrected chi connectivity index (χ2v) is 5.67. The van der Waals surface area contributed by atoms with Crippen molar-refractivity contribution in [1.82, 2.24) is 4.98 Å². The number of nitrogens with zero attached hydrogens (tertiary/aromatic N) is 2. The Labute approximate surface area is 145 Å². The zero-order valence-corrected chi connectivity index (χ0v) is 13.4. The first-order valence-corrected chi connectivity index (χ1v) is 8.02. The van der Waals surface area contributed by atoms with E-state index in [-0.39, 0.29) is 5.69 Å². The monoisotopic (exact) mass is 325 g/mol. The maximum atomic E-state index is 9.34. The third kappa shape index (κ3) is 2.96. The van der Waals surface area contributed by atoms with E-state index in [0.29, 0.717) is 18.3 Å². The molecule has 1 aromatic heterocycles. The lowest BCUT2D eigenvalue weighted by atomic mass is 10.0. The van der Waals surface area contributed by atoms with Crippen LogP contribution in [0.4, 0.5) is 5.88 Å². The number of nitrogens with one attached hydrogen (secondary N) is 1. The molecule has 0 unspecified atom stereocenters. The molecular formula is C21H15N3O. The molecule has 4 nitrogen and oxygen atoms in total. The summed E-state index contributed by atoms with van der Waals surface area (Å²) in [6.07, 6.45) is 0. The van der Waals surface area contributed by atoms with Crippen molar-refractivity contribution < 1.29 is 4.42 Å². The fourth-order valence-corrected chi connectivity index (χ4v) is 2.84. The lowest BCUT2D eigenvalue weighted by Gasteiger charge is -2.07. The first-order valence-electron chi connectivity index (χ1n) is 8.02. The summed E-state index contributed by atoms with van der Waals surface area (Å²) >= 11 is 0. The average molecular weight is 325 g/mol. The van der Waals surface area contributed by atoms with Gasteiger partial charge in [-0.25, -0.2) is 0 Å². The van der Waals surface area contributed by atoms with Gasteiger partial charge < -0.3 is 9.73 Å². The van der Waals surface area contributed by atoms with Gasteiger partial charge in [-0.15, -0.1) is 0 Å². The van der Waals surface area contributed by atoms with E-state index in [1.807, 2.05) is 48.5 Å². The van der Waals surface area contributed by atoms with E-state index in [1.54, 1.807) is 0 Å². The molecule has 0 aliphatic heterocycles. The zero-order valence-electron chi connectivity index (χ0n) is 13.4. The SMILES string of the molecule is N#Cc1nc(-c2ccccc2)oc1NCc1cccc2ccccc12. The van der Waals surface area contributed by atoms with Crippen molar-refractivity contribution >= 4 is 16.7 Å². The van der Waals surface area contributed by atoms with Gasteiger partial charge in [0, 0.05) is 12.1 Å². The number of nitriles is 1. The summed E-state index contributed by atoms with van der Waals surface area (Å²) in [5, 5.41) is 14.9. The van der Waals surface area contributed by atoms with Gasteiger partial charge >= 0.3 is 0 Å². The van der Waals surface area contributed by atoms with Crippen molar-refractivity contribution in [3.8, 4) is 17.5 Å². The number of anilines is 1. The molecular weight excluding hydrogens is 310 g/mol. The Bertz CT molecular complexity index is 1060. The van der Waals surface area contributed by atoms with Gasteiger partial charge in [-0.05, 0) is 28.5 Å². The summed E-state index contributed by atoms with van der Waals surface area (Å²) in [5.41, 5.74) is 2.25. The molecule has 4 heteroatoms.